The normalized spacial score (nSPS) is 28.8. The maximum absolute atomic E-state index is 2.55. The summed E-state index contributed by atoms with van der Waals surface area (Å²) in [5, 5.41) is 0. The molecular weight excluding hydrogens is 281 g/mol. The van der Waals surface area contributed by atoms with Crippen LogP contribution in [-0.2, 0) is 0 Å². The van der Waals surface area contributed by atoms with Gasteiger partial charge in [0.1, 0.15) is 0 Å². The smallest absolute Gasteiger partial charge is 0.0270 e. The summed E-state index contributed by atoms with van der Waals surface area (Å²) in [4.78, 5) is 0. The molecule has 0 N–H and O–H groups in total. The Bertz CT molecular complexity index is 152. The van der Waals surface area contributed by atoms with Crippen LogP contribution >= 0.6 is 30.3 Å². The molecule has 0 aromatic rings. The molecule has 1 aliphatic rings. The van der Waals surface area contributed by atoms with E-state index in [1.165, 1.54) is 19.3 Å². The number of piperidine rings is 1. The van der Waals surface area contributed by atoms with Gasteiger partial charge < -0.3 is 0 Å². The Hall–Kier alpha value is 1.04. The third-order valence-corrected chi connectivity index (χ3v) is 5.05. The molecule has 1 nitrogen and oxygen atoms in total. The van der Waals surface area contributed by atoms with Crippen molar-refractivity contribution in [3.8, 4) is 0 Å². The number of rotatable bonds is 1. The molecule has 12 heavy (non-hydrogen) atoms. The third-order valence-electron chi connectivity index (χ3n) is 2.75. The SMILES string of the molecule is CC1(C)CCCC(C)(C)N1SI. The predicted molar refractivity (Wildman–Crippen MR) is 65.5 cm³/mol. The van der Waals surface area contributed by atoms with Crippen LogP contribution in [0.1, 0.15) is 47.0 Å². The van der Waals surface area contributed by atoms with Gasteiger partial charge in [0.15, 0.2) is 0 Å². The Morgan fingerprint density at radius 1 is 1.08 bits per heavy atom. The van der Waals surface area contributed by atoms with E-state index in [-0.39, 0.29) is 0 Å². The molecule has 3 heteroatoms. The molecule has 0 atom stereocenters. The van der Waals surface area contributed by atoms with Crippen molar-refractivity contribution in [3.63, 3.8) is 0 Å². The zero-order valence-corrected chi connectivity index (χ0v) is 11.3. The number of halogens is 1. The molecule has 0 aromatic carbocycles. The highest BCUT2D eigenvalue weighted by molar-refractivity contribution is 14.2. The van der Waals surface area contributed by atoms with Crippen molar-refractivity contribution in [1.29, 1.82) is 0 Å². The van der Waals surface area contributed by atoms with Gasteiger partial charge in [-0.25, -0.2) is 4.31 Å². The van der Waals surface area contributed by atoms with E-state index < -0.39 is 0 Å². The van der Waals surface area contributed by atoms with E-state index in [1.54, 1.807) is 0 Å². The van der Waals surface area contributed by atoms with E-state index in [1.807, 2.05) is 9.12 Å². The second-order valence-corrected chi connectivity index (χ2v) is 6.53. The third kappa shape index (κ3) is 2.10. The van der Waals surface area contributed by atoms with E-state index >= 15 is 0 Å². The maximum atomic E-state index is 2.55. The first-order valence-corrected chi connectivity index (χ1v) is 7.81. The minimum Gasteiger partial charge on any atom is -0.230 e. The molecule has 0 aliphatic carbocycles. The van der Waals surface area contributed by atoms with Gasteiger partial charge in [-0.1, -0.05) is 0 Å². The van der Waals surface area contributed by atoms with Gasteiger partial charge in [-0.05, 0) is 56.1 Å². The Morgan fingerprint density at radius 3 is 1.75 bits per heavy atom. The Kier molecular flexibility index (Phi) is 3.39. The average molecular weight is 299 g/mol. The molecule has 0 aromatic heterocycles. The first kappa shape index (κ1) is 11.1. The molecular formula is C9H18INS. The zero-order chi connectivity index (χ0) is 9.41. The molecule has 0 amide bonds. The average Bonchev–Trinajstić information content (AvgIpc) is 1.83. The summed E-state index contributed by atoms with van der Waals surface area (Å²) in [6.45, 7) is 9.39. The Balaban J connectivity index is 2.81. The van der Waals surface area contributed by atoms with E-state index in [9.17, 15) is 0 Å². The standard InChI is InChI=1S/C9H18INS/c1-8(2)6-5-7-9(3,4)11(8)12-10/h5-7H2,1-4H3. The molecule has 72 valence electrons. The van der Waals surface area contributed by atoms with Gasteiger partial charge in [-0.2, -0.15) is 0 Å². The highest BCUT2D eigenvalue weighted by Crippen LogP contribution is 2.44. The lowest BCUT2D eigenvalue weighted by Crippen LogP contribution is -2.53. The summed E-state index contributed by atoms with van der Waals surface area (Å²) in [6, 6.07) is 0. The lowest BCUT2D eigenvalue weighted by Gasteiger charge is -2.50. The van der Waals surface area contributed by atoms with Crippen LogP contribution in [0.3, 0.4) is 0 Å². The molecule has 0 spiro atoms. The van der Waals surface area contributed by atoms with Gasteiger partial charge in [0.25, 0.3) is 0 Å². The van der Waals surface area contributed by atoms with Crippen molar-refractivity contribution in [2.24, 2.45) is 0 Å². The molecule has 0 radical (unpaired) electrons. The van der Waals surface area contributed by atoms with Crippen molar-refractivity contribution in [2.45, 2.75) is 58.0 Å². The van der Waals surface area contributed by atoms with E-state index in [4.69, 9.17) is 0 Å². The first-order valence-electron chi connectivity index (χ1n) is 4.49. The number of hydrogen-bond donors (Lipinski definition) is 0. The van der Waals surface area contributed by atoms with Crippen LogP contribution in [0.2, 0.25) is 0 Å². The van der Waals surface area contributed by atoms with Gasteiger partial charge >= 0.3 is 0 Å². The second kappa shape index (κ2) is 3.65. The maximum Gasteiger partial charge on any atom is 0.0270 e. The fraction of sp³-hybridized carbons (Fsp3) is 1.00. The zero-order valence-electron chi connectivity index (χ0n) is 8.35. The molecule has 1 saturated heterocycles. The summed E-state index contributed by atoms with van der Waals surface area (Å²) < 4.78 is 2.55. The van der Waals surface area contributed by atoms with Crippen LogP contribution in [0.4, 0.5) is 0 Å². The Labute approximate surface area is 92.4 Å². The van der Waals surface area contributed by atoms with Crippen molar-refractivity contribution in [2.75, 3.05) is 0 Å². The van der Waals surface area contributed by atoms with Crippen LogP contribution < -0.4 is 0 Å². The van der Waals surface area contributed by atoms with Crippen LogP contribution in [0.25, 0.3) is 0 Å². The predicted octanol–water partition coefficient (Wildman–Crippen LogP) is 4.03. The lowest BCUT2D eigenvalue weighted by atomic mass is 9.83. The molecule has 0 bridgehead atoms. The molecule has 1 rings (SSSR count). The van der Waals surface area contributed by atoms with Crippen LogP contribution in [0.15, 0.2) is 0 Å². The lowest BCUT2D eigenvalue weighted by molar-refractivity contribution is 0.0698. The van der Waals surface area contributed by atoms with Crippen molar-refractivity contribution in [3.05, 3.63) is 0 Å². The fourth-order valence-electron chi connectivity index (χ4n) is 2.16. The Morgan fingerprint density at radius 2 is 1.50 bits per heavy atom. The second-order valence-electron chi connectivity index (χ2n) is 4.84. The van der Waals surface area contributed by atoms with E-state index in [0.29, 0.717) is 11.1 Å². The monoisotopic (exact) mass is 299 g/mol. The van der Waals surface area contributed by atoms with Gasteiger partial charge in [-0.3, -0.25) is 0 Å². The van der Waals surface area contributed by atoms with E-state index in [2.05, 4.69) is 53.2 Å². The van der Waals surface area contributed by atoms with Gasteiger partial charge in [-0.15, -0.1) is 0 Å². The van der Waals surface area contributed by atoms with Crippen molar-refractivity contribution >= 4 is 30.3 Å². The quantitative estimate of drug-likeness (QED) is 0.531. The highest BCUT2D eigenvalue weighted by atomic mass is 127. The summed E-state index contributed by atoms with van der Waals surface area (Å²) in [5.41, 5.74) is 0.737. The molecule has 1 aliphatic heterocycles. The summed E-state index contributed by atoms with van der Waals surface area (Å²) in [5.74, 6) is 0. The molecule has 1 fully saturated rings. The van der Waals surface area contributed by atoms with Gasteiger partial charge in [0.05, 0.1) is 0 Å². The topological polar surface area (TPSA) is 3.24 Å². The number of nitrogens with zero attached hydrogens (tertiary/aromatic N) is 1. The minimum absolute atomic E-state index is 0.369. The van der Waals surface area contributed by atoms with Gasteiger partial charge in [0, 0.05) is 32.3 Å². The molecule has 1 heterocycles. The van der Waals surface area contributed by atoms with E-state index in [0.717, 1.165) is 0 Å². The summed E-state index contributed by atoms with van der Waals surface area (Å²) in [7, 11) is 1.86. The summed E-state index contributed by atoms with van der Waals surface area (Å²) >= 11 is 2.40. The molecule has 0 unspecified atom stereocenters. The van der Waals surface area contributed by atoms with Crippen molar-refractivity contribution < 1.29 is 0 Å². The van der Waals surface area contributed by atoms with Gasteiger partial charge in [0.2, 0.25) is 0 Å². The van der Waals surface area contributed by atoms with Crippen molar-refractivity contribution in [1.82, 2.24) is 4.31 Å². The summed E-state index contributed by atoms with van der Waals surface area (Å²) in [6.07, 6.45) is 4.02. The number of hydrogen-bond acceptors (Lipinski definition) is 2. The van der Waals surface area contributed by atoms with Crippen LogP contribution in [0.5, 0.6) is 0 Å². The first-order chi connectivity index (χ1) is 5.40. The van der Waals surface area contributed by atoms with Crippen LogP contribution in [0, 0.1) is 0 Å². The highest BCUT2D eigenvalue weighted by Gasteiger charge is 2.41. The minimum atomic E-state index is 0.369. The largest absolute Gasteiger partial charge is 0.230 e. The molecule has 0 saturated carbocycles. The fourth-order valence-corrected chi connectivity index (χ4v) is 5.92. The van der Waals surface area contributed by atoms with Crippen LogP contribution in [-0.4, -0.2) is 15.4 Å².